The van der Waals surface area contributed by atoms with Gasteiger partial charge in [0.1, 0.15) is 28.0 Å². The highest BCUT2D eigenvalue weighted by Crippen LogP contribution is 2.22. The number of hydrogen-bond acceptors (Lipinski definition) is 4. The molecule has 0 aliphatic rings. The number of nitrogens with one attached hydrogen (secondary N) is 2. The molecule has 0 amide bonds. The summed E-state index contributed by atoms with van der Waals surface area (Å²) in [5, 5.41) is 1.13. The minimum atomic E-state index is -0.436. The number of para-hydroxylation sites is 1. The first kappa shape index (κ1) is 21.1. The van der Waals surface area contributed by atoms with Gasteiger partial charge in [0, 0.05) is 11.6 Å². The van der Waals surface area contributed by atoms with Gasteiger partial charge >= 0.3 is 0 Å². The summed E-state index contributed by atoms with van der Waals surface area (Å²) in [6.45, 7) is 0. The van der Waals surface area contributed by atoms with E-state index in [1.54, 1.807) is 48.7 Å². The third-order valence-electron chi connectivity index (χ3n) is 5.19. The van der Waals surface area contributed by atoms with E-state index in [-0.39, 0.29) is 16.5 Å². The second-order valence-corrected chi connectivity index (χ2v) is 7.57. The van der Waals surface area contributed by atoms with Gasteiger partial charge in [0.15, 0.2) is 0 Å². The van der Waals surface area contributed by atoms with Crippen LogP contribution in [-0.2, 0) is 0 Å². The number of halogens is 1. The van der Waals surface area contributed by atoms with Crippen LogP contribution in [0.3, 0.4) is 0 Å². The van der Waals surface area contributed by atoms with Gasteiger partial charge in [-0.1, -0.05) is 30.3 Å². The summed E-state index contributed by atoms with van der Waals surface area (Å²) in [5.74, 6) is 0.636. The molecule has 2 heterocycles. The van der Waals surface area contributed by atoms with Crippen molar-refractivity contribution in [2.45, 2.75) is 0 Å². The molecule has 166 valence electrons. The molecule has 6 nitrogen and oxygen atoms in total. The molecule has 0 aliphatic heterocycles. The molecule has 0 saturated carbocycles. The third kappa shape index (κ3) is 4.54. The van der Waals surface area contributed by atoms with Crippen LogP contribution >= 0.6 is 0 Å². The van der Waals surface area contributed by atoms with Crippen molar-refractivity contribution >= 4 is 23.1 Å². The fourth-order valence-electron chi connectivity index (χ4n) is 3.57. The number of hydrogen-bond donors (Lipinski definition) is 2. The molecule has 5 aromatic rings. The quantitative estimate of drug-likeness (QED) is 0.439. The monoisotopic (exact) mass is 451 g/mol. The largest absolute Gasteiger partial charge is 0.457 e. The molecule has 3 aromatic carbocycles. The number of aromatic amines is 2. The van der Waals surface area contributed by atoms with Crippen molar-refractivity contribution in [3.05, 3.63) is 133 Å². The SMILES string of the molecule is O=c1[nH]/c(=C\c2ccnc3ccccc23)c(=O)[nH]/c1=C\c1cccc(Oc2ccc(F)cc2)c1. The zero-order valence-electron chi connectivity index (χ0n) is 17.8. The normalized spacial score (nSPS) is 12.3. The minimum Gasteiger partial charge on any atom is -0.457 e. The Morgan fingerprint density at radius 2 is 1.50 bits per heavy atom. The van der Waals surface area contributed by atoms with Crippen LogP contribution in [0, 0.1) is 5.82 Å². The van der Waals surface area contributed by atoms with Crippen molar-refractivity contribution in [3.8, 4) is 11.5 Å². The van der Waals surface area contributed by atoms with Gasteiger partial charge in [-0.2, -0.15) is 0 Å². The summed E-state index contributed by atoms with van der Waals surface area (Å²) in [4.78, 5) is 35.0. The molecule has 0 unspecified atom stereocenters. The molecule has 0 spiro atoms. The molecule has 34 heavy (non-hydrogen) atoms. The Kier molecular flexibility index (Phi) is 5.58. The van der Waals surface area contributed by atoms with Crippen LogP contribution in [0.15, 0.2) is 94.6 Å². The fraction of sp³-hybridized carbons (Fsp3) is 0. The Hall–Kier alpha value is -4.78. The van der Waals surface area contributed by atoms with Gasteiger partial charge in [-0.05, 0) is 71.8 Å². The summed E-state index contributed by atoms with van der Waals surface area (Å²) in [7, 11) is 0. The van der Waals surface area contributed by atoms with Crippen molar-refractivity contribution in [1.29, 1.82) is 0 Å². The second-order valence-electron chi connectivity index (χ2n) is 7.57. The Bertz CT molecular complexity index is 1730. The average molecular weight is 451 g/mol. The summed E-state index contributed by atoms with van der Waals surface area (Å²) in [5.41, 5.74) is 1.36. The first-order chi connectivity index (χ1) is 16.5. The van der Waals surface area contributed by atoms with E-state index in [0.717, 1.165) is 16.5 Å². The number of pyridine rings is 1. The predicted molar refractivity (Wildman–Crippen MR) is 129 cm³/mol. The van der Waals surface area contributed by atoms with Crippen LogP contribution in [0.25, 0.3) is 23.1 Å². The van der Waals surface area contributed by atoms with E-state index < -0.39 is 11.1 Å². The standard InChI is InChI=1S/C27H18FN3O3/c28-19-8-10-20(11-9-19)34-21-5-3-4-17(14-21)15-24-26(32)31-25(27(33)30-24)16-18-12-13-29-23-7-2-1-6-22(18)23/h1-16H,(H,30,33)(H,31,32)/b24-15-,25-16-. The third-order valence-corrected chi connectivity index (χ3v) is 5.19. The lowest BCUT2D eigenvalue weighted by atomic mass is 10.1. The highest BCUT2D eigenvalue weighted by Gasteiger charge is 2.02. The molecular formula is C27H18FN3O3. The second kappa shape index (κ2) is 8.99. The molecule has 0 fully saturated rings. The van der Waals surface area contributed by atoms with E-state index in [1.165, 1.54) is 24.3 Å². The first-order valence-corrected chi connectivity index (χ1v) is 10.5. The molecule has 2 N–H and O–H groups in total. The number of aromatic nitrogens is 3. The van der Waals surface area contributed by atoms with Gasteiger partial charge in [-0.15, -0.1) is 0 Å². The van der Waals surface area contributed by atoms with Crippen molar-refractivity contribution in [2.75, 3.05) is 0 Å². The van der Waals surface area contributed by atoms with E-state index >= 15 is 0 Å². The number of nitrogens with zero attached hydrogens (tertiary/aromatic N) is 1. The molecule has 7 heteroatoms. The first-order valence-electron chi connectivity index (χ1n) is 10.5. The van der Waals surface area contributed by atoms with Gasteiger partial charge in [0.05, 0.1) is 5.52 Å². The molecule has 5 rings (SSSR count). The maximum atomic E-state index is 13.1. The van der Waals surface area contributed by atoms with Crippen LogP contribution in [0.4, 0.5) is 4.39 Å². The maximum absolute atomic E-state index is 13.1. The summed E-state index contributed by atoms with van der Waals surface area (Å²) in [6.07, 6.45) is 4.85. The Morgan fingerprint density at radius 1 is 0.765 bits per heavy atom. The lowest BCUT2D eigenvalue weighted by molar-refractivity contribution is 0.480. The van der Waals surface area contributed by atoms with E-state index in [1.807, 2.05) is 24.3 Å². The van der Waals surface area contributed by atoms with Crippen LogP contribution in [0.2, 0.25) is 0 Å². The van der Waals surface area contributed by atoms with Gasteiger partial charge in [0.25, 0.3) is 11.1 Å². The van der Waals surface area contributed by atoms with E-state index in [9.17, 15) is 14.0 Å². The summed E-state index contributed by atoms with van der Waals surface area (Å²) >= 11 is 0. The molecule has 2 aromatic heterocycles. The van der Waals surface area contributed by atoms with E-state index in [4.69, 9.17) is 4.74 Å². The number of rotatable bonds is 4. The van der Waals surface area contributed by atoms with Crippen molar-refractivity contribution < 1.29 is 9.13 Å². The molecule has 0 radical (unpaired) electrons. The maximum Gasteiger partial charge on any atom is 0.272 e. The Labute approximate surface area is 192 Å². The number of H-pyrrole nitrogens is 2. The molecule has 0 aliphatic carbocycles. The van der Waals surface area contributed by atoms with Crippen LogP contribution in [0.5, 0.6) is 11.5 Å². The zero-order valence-corrected chi connectivity index (χ0v) is 17.8. The Balaban J connectivity index is 1.51. The van der Waals surface area contributed by atoms with E-state index in [2.05, 4.69) is 15.0 Å². The highest BCUT2D eigenvalue weighted by molar-refractivity contribution is 5.87. The molecular weight excluding hydrogens is 433 g/mol. The number of ether oxygens (including phenoxy) is 1. The van der Waals surface area contributed by atoms with Gasteiger partial charge in [0.2, 0.25) is 0 Å². The molecule has 0 saturated heterocycles. The van der Waals surface area contributed by atoms with Crippen molar-refractivity contribution in [1.82, 2.24) is 15.0 Å². The minimum absolute atomic E-state index is 0.112. The van der Waals surface area contributed by atoms with Gasteiger partial charge in [-0.3, -0.25) is 14.6 Å². The average Bonchev–Trinajstić information content (AvgIpc) is 2.84. The van der Waals surface area contributed by atoms with Crippen molar-refractivity contribution in [3.63, 3.8) is 0 Å². The summed E-state index contributed by atoms with van der Waals surface area (Å²) in [6, 6.07) is 22.0. The number of fused-ring (bicyclic) bond motifs is 1. The topological polar surface area (TPSA) is 87.8 Å². The van der Waals surface area contributed by atoms with Crippen LogP contribution in [-0.4, -0.2) is 15.0 Å². The highest BCUT2D eigenvalue weighted by atomic mass is 19.1. The van der Waals surface area contributed by atoms with Crippen molar-refractivity contribution in [2.24, 2.45) is 0 Å². The Morgan fingerprint density at radius 3 is 2.29 bits per heavy atom. The number of benzene rings is 3. The zero-order chi connectivity index (χ0) is 23.5. The molecule has 0 bridgehead atoms. The van der Waals surface area contributed by atoms with E-state index in [0.29, 0.717) is 17.1 Å². The van der Waals surface area contributed by atoms with Gasteiger partial charge in [-0.25, -0.2) is 4.39 Å². The lowest BCUT2D eigenvalue weighted by Gasteiger charge is -2.06. The van der Waals surface area contributed by atoms with Crippen LogP contribution < -0.4 is 26.6 Å². The predicted octanol–water partition coefficient (Wildman–Crippen LogP) is 3.20. The van der Waals surface area contributed by atoms with Gasteiger partial charge < -0.3 is 14.7 Å². The molecule has 0 atom stereocenters. The fourth-order valence-corrected chi connectivity index (χ4v) is 3.57. The lowest BCUT2D eigenvalue weighted by Crippen LogP contribution is -2.46. The summed E-state index contributed by atoms with van der Waals surface area (Å²) < 4.78 is 18.8. The smallest absolute Gasteiger partial charge is 0.272 e. The van der Waals surface area contributed by atoms with Crippen LogP contribution in [0.1, 0.15) is 11.1 Å².